The van der Waals surface area contributed by atoms with Crippen LogP contribution in [0.5, 0.6) is 5.75 Å². The summed E-state index contributed by atoms with van der Waals surface area (Å²) in [6, 6.07) is 6.05. The Bertz CT molecular complexity index is 972. The molecule has 0 aromatic carbocycles. The number of thiazole rings is 1. The second-order valence-electron chi connectivity index (χ2n) is 6.73. The van der Waals surface area contributed by atoms with Crippen molar-refractivity contribution in [3.63, 3.8) is 0 Å². The first kappa shape index (κ1) is 17.9. The number of ether oxygens (including phenoxy) is 1. The Labute approximate surface area is 159 Å². The monoisotopic (exact) mass is 389 g/mol. The van der Waals surface area contributed by atoms with Gasteiger partial charge in [-0.05, 0) is 19.1 Å². The van der Waals surface area contributed by atoms with E-state index in [4.69, 9.17) is 4.74 Å². The first-order chi connectivity index (χ1) is 13.0. The minimum absolute atomic E-state index is 0.0381. The number of anilines is 1. The lowest BCUT2D eigenvalue weighted by atomic mass is 10.2. The highest BCUT2D eigenvalue weighted by molar-refractivity contribution is 7.15. The van der Waals surface area contributed by atoms with Gasteiger partial charge in [0.15, 0.2) is 5.13 Å². The molecule has 3 aromatic rings. The van der Waals surface area contributed by atoms with Gasteiger partial charge >= 0.3 is 0 Å². The predicted octanol–water partition coefficient (Wildman–Crippen LogP) is 2.93. The fraction of sp³-hybridized carbons (Fsp3) is 0.389. The Morgan fingerprint density at radius 2 is 2.33 bits per heavy atom. The summed E-state index contributed by atoms with van der Waals surface area (Å²) in [4.78, 5) is 17.6. The molecule has 7 nitrogen and oxygen atoms in total. The zero-order chi connectivity index (χ0) is 19.0. The maximum atomic E-state index is 14.1. The van der Waals surface area contributed by atoms with Gasteiger partial charge in [-0.2, -0.15) is 14.5 Å². The summed E-state index contributed by atoms with van der Waals surface area (Å²) in [6.07, 6.45) is 4.52. The molecule has 9 heteroatoms. The maximum absolute atomic E-state index is 14.1. The van der Waals surface area contributed by atoms with E-state index in [2.05, 4.69) is 27.2 Å². The molecule has 0 spiro atoms. The van der Waals surface area contributed by atoms with Crippen molar-refractivity contribution in [1.29, 1.82) is 0 Å². The number of hydrogen-bond donors (Lipinski definition) is 1. The molecule has 1 fully saturated rings. The Hall–Kier alpha value is -2.52. The molecule has 0 bridgehead atoms. The Kier molecular flexibility index (Phi) is 4.79. The Balaban J connectivity index is 1.40. The van der Waals surface area contributed by atoms with Gasteiger partial charge in [-0.15, -0.1) is 0 Å². The van der Waals surface area contributed by atoms with Crippen molar-refractivity contribution in [3.05, 3.63) is 41.4 Å². The SMILES string of the molecule is CC(=O)Nc1nc(F)c(CN2C[C@H](Oc3ccn4nccc4c3)C[C@@H]2C)s1. The zero-order valence-electron chi connectivity index (χ0n) is 15.1. The van der Waals surface area contributed by atoms with Crippen LogP contribution < -0.4 is 10.1 Å². The molecular weight excluding hydrogens is 369 g/mol. The highest BCUT2D eigenvalue weighted by Crippen LogP contribution is 2.29. The van der Waals surface area contributed by atoms with Crippen LogP contribution in [0.2, 0.25) is 0 Å². The minimum Gasteiger partial charge on any atom is -0.489 e. The van der Waals surface area contributed by atoms with Gasteiger partial charge in [0.1, 0.15) is 11.9 Å². The molecular formula is C18H20FN5O2S. The van der Waals surface area contributed by atoms with Gasteiger partial charge in [0.05, 0.1) is 10.4 Å². The standard InChI is InChI=1S/C18H20FN5O2S/c1-11-7-15(26-14-4-6-24-13(8-14)3-5-20-24)9-23(11)10-16-17(19)22-18(27-16)21-12(2)25/h3-6,8,11,15H,7,9-10H2,1-2H3,(H,21,22,25)/t11-,15+/m0/s1. The second kappa shape index (κ2) is 7.24. The Morgan fingerprint density at radius 1 is 1.48 bits per heavy atom. The summed E-state index contributed by atoms with van der Waals surface area (Å²) < 4.78 is 22.0. The molecule has 0 unspecified atom stereocenters. The number of carbonyl (C=O) groups excluding carboxylic acids is 1. The van der Waals surface area contributed by atoms with E-state index in [0.29, 0.717) is 23.1 Å². The van der Waals surface area contributed by atoms with Crippen molar-refractivity contribution in [3.8, 4) is 5.75 Å². The third-order valence-corrected chi connectivity index (χ3v) is 5.55. The van der Waals surface area contributed by atoms with Crippen molar-refractivity contribution in [2.24, 2.45) is 0 Å². The van der Waals surface area contributed by atoms with Crippen LogP contribution in [-0.4, -0.2) is 44.1 Å². The fourth-order valence-corrected chi connectivity index (χ4v) is 4.25. The second-order valence-corrected chi connectivity index (χ2v) is 7.81. The van der Waals surface area contributed by atoms with Crippen molar-refractivity contribution in [2.45, 2.75) is 39.0 Å². The minimum atomic E-state index is -0.522. The first-order valence-electron chi connectivity index (χ1n) is 8.75. The molecule has 1 saturated heterocycles. The van der Waals surface area contributed by atoms with Gasteiger partial charge in [-0.25, -0.2) is 4.52 Å². The van der Waals surface area contributed by atoms with Gasteiger partial charge in [-0.1, -0.05) is 11.3 Å². The molecule has 2 atom stereocenters. The molecule has 0 saturated carbocycles. The van der Waals surface area contributed by atoms with Gasteiger partial charge in [0.2, 0.25) is 11.9 Å². The fourth-order valence-electron chi connectivity index (χ4n) is 3.34. The van der Waals surface area contributed by atoms with E-state index >= 15 is 0 Å². The number of pyridine rings is 1. The van der Waals surface area contributed by atoms with Crippen LogP contribution in [0, 0.1) is 5.95 Å². The van der Waals surface area contributed by atoms with E-state index in [1.807, 2.05) is 24.4 Å². The molecule has 1 amide bonds. The largest absolute Gasteiger partial charge is 0.489 e. The van der Waals surface area contributed by atoms with E-state index in [1.54, 1.807) is 10.7 Å². The van der Waals surface area contributed by atoms with Crippen molar-refractivity contribution >= 4 is 27.9 Å². The third kappa shape index (κ3) is 3.93. The van der Waals surface area contributed by atoms with E-state index in [9.17, 15) is 9.18 Å². The molecule has 3 aromatic heterocycles. The lowest BCUT2D eigenvalue weighted by Gasteiger charge is -2.19. The number of rotatable bonds is 5. The summed E-state index contributed by atoms with van der Waals surface area (Å²) in [7, 11) is 0. The molecule has 1 N–H and O–H groups in total. The van der Waals surface area contributed by atoms with Gasteiger partial charge in [0.25, 0.3) is 0 Å². The highest BCUT2D eigenvalue weighted by atomic mass is 32.1. The average Bonchev–Trinajstić information content (AvgIpc) is 3.28. The number of carbonyl (C=O) groups is 1. The van der Waals surface area contributed by atoms with Crippen LogP contribution in [0.15, 0.2) is 30.6 Å². The van der Waals surface area contributed by atoms with Crippen molar-refractivity contribution in [2.75, 3.05) is 11.9 Å². The molecule has 1 aliphatic heterocycles. The summed E-state index contributed by atoms with van der Waals surface area (Å²) >= 11 is 1.17. The molecule has 0 radical (unpaired) electrons. The van der Waals surface area contributed by atoms with Crippen LogP contribution in [0.4, 0.5) is 9.52 Å². The number of amides is 1. The number of likely N-dealkylation sites (tertiary alicyclic amines) is 1. The molecule has 4 heterocycles. The average molecular weight is 389 g/mol. The topological polar surface area (TPSA) is 71.8 Å². The summed E-state index contributed by atoms with van der Waals surface area (Å²) in [5.74, 6) is 0.0268. The predicted molar refractivity (Wildman–Crippen MR) is 100 cm³/mol. The van der Waals surface area contributed by atoms with Crippen molar-refractivity contribution < 1.29 is 13.9 Å². The number of fused-ring (bicyclic) bond motifs is 1. The Morgan fingerprint density at radius 3 is 3.15 bits per heavy atom. The molecule has 1 aliphatic rings. The molecule has 27 heavy (non-hydrogen) atoms. The lowest BCUT2D eigenvalue weighted by molar-refractivity contribution is -0.114. The smallest absolute Gasteiger partial charge is 0.230 e. The quantitative estimate of drug-likeness (QED) is 0.726. The van der Waals surface area contributed by atoms with Crippen LogP contribution in [0.3, 0.4) is 0 Å². The van der Waals surface area contributed by atoms with Crippen LogP contribution >= 0.6 is 11.3 Å². The normalized spacial score (nSPS) is 20.3. The molecule has 0 aliphatic carbocycles. The highest BCUT2D eigenvalue weighted by Gasteiger charge is 2.31. The van der Waals surface area contributed by atoms with Crippen LogP contribution in [-0.2, 0) is 11.3 Å². The number of halogens is 1. The van der Waals surface area contributed by atoms with E-state index in [1.165, 1.54) is 18.3 Å². The number of nitrogens with zero attached hydrogens (tertiary/aromatic N) is 4. The zero-order valence-corrected chi connectivity index (χ0v) is 15.9. The van der Waals surface area contributed by atoms with Crippen LogP contribution in [0.25, 0.3) is 5.52 Å². The lowest BCUT2D eigenvalue weighted by Crippen LogP contribution is -2.28. The maximum Gasteiger partial charge on any atom is 0.230 e. The number of aromatic nitrogens is 3. The van der Waals surface area contributed by atoms with E-state index < -0.39 is 5.95 Å². The number of hydrogen-bond acceptors (Lipinski definition) is 6. The van der Waals surface area contributed by atoms with Gasteiger partial charge in [-0.3, -0.25) is 9.69 Å². The number of nitrogens with one attached hydrogen (secondary N) is 1. The molecule has 4 rings (SSSR count). The molecule has 142 valence electrons. The summed E-state index contributed by atoms with van der Waals surface area (Å²) in [6.45, 7) is 4.65. The van der Waals surface area contributed by atoms with E-state index in [0.717, 1.165) is 17.7 Å². The van der Waals surface area contributed by atoms with E-state index in [-0.39, 0.29) is 18.1 Å². The first-order valence-corrected chi connectivity index (χ1v) is 9.56. The van der Waals surface area contributed by atoms with Gasteiger partial charge < -0.3 is 10.1 Å². The summed E-state index contributed by atoms with van der Waals surface area (Å²) in [5, 5.41) is 7.01. The third-order valence-electron chi connectivity index (χ3n) is 4.62. The van der Waals surface area contributed by atoms with Crippen molar-refractivity contribution in [1.82, 2.24) is 19.5 Å². The van der Waals surface area contributed by atoms with Crippen LogP contribution in [0.1, 0.15) is 25.1 Å². The van der Waals surface area contributed by atoms with Gasteiger partial charge in [0, 0.05) is 50.9 Å². The summed E-state index contributed by atoms with van der Waals surface area (Å²) in [5.41, 5.74) is 0.979.